The molecule has 0 amide bonds. The highest BCUT2D eigenvalue weighted by molar-refractivity contribution is 7.89. The van der Waals surface area contributed by atoms with Crippen molar-refractivity contribution < 1.29 is 27.8 Å². The van der Waals surface area contributed by atoms with Crippen LogP contribution in [0.25, 0.3) is 0 Å². The number of aromatic carboxylic acids is 1. The summed E-state index contributed by atoms with van der Waals surface area (Å²) in [6.07, 6.45) is 2.69. The largest absolute Gasteiger partial charge is 0.478 e. The molecule has 2 rings (SSSR count). The van der Waals surface area contributed by atoms with E-state index in [4.69, 9.17) is 5.11 Å². The number of hydrogen-bond donors (Lipinski definition) is 3. The zero-order valence-electron chi connectivity index (χ0n) is 11.2. The molecular formula is C13H16FNO5S. The molecule has 1 saturated carbocycles. The minimum Gasteiger partial charge on any atom is -0.478 e. The van der Waals surface area contributed by atoms with Crippen molar-refractivity contribution in [2.75, 3.05) is 6.54 Å². The third-order valence-corrected chi connectivity index (χ3v) is 5.00. The van der Waals surface area contributed by atoms with Gasteiger partial charge in [-0.2, -0.15) is 0 Å². The molecule has 0 bridgehead atoms. The zero-order chi connectivity index (χ0) is 15.7. The molecule has 1 aromatic rings. The molecule has 0 spiro atoms. The highest BCUT2D eigenvalue weighted by Gasteiger charge is 2.32. The molecule has 0 saturated heterocycles. The second-order valence-electron chi connectivity index (χ2n) is 5.20. The Bertz CT molecular complexity index is 653. The normalized spacial score (nSPS) is 17.8. The number of aliphatic hydroxyl groups is 1. The number of nitrogens with one attached hydrogen (secondary N) is 1. The van der Waals surface area contributed by atoms with E-state index in [1.165, 1.54) is 0 Å². The van der Waals surface area contributed by atoms with Crippen molar-refractivity contribution in [3.05, 3.63) is 29.6 Å². The Labute approximate surface area is 121 Å². The first-order valence-corrected chi connectivity index (χ1v) is 7.97. The van der Waals surface area contributed by atoms with Gasteiger partial charge < -0.3 is 10.2 Å². The summed E-state index contributed by atoms with van der Waals surface area (Å²) in [5, 5.41) is 18.9. The van der Waals surface area contributed by atoms with Crippen molar-refractivity contribution in [1.82, 2.24) is 4.72 Å². The van der Waals surface area contributed by atoms with Gasteiger partial charge in [0, 0.05) is 6.54 Å². The second-order valence-corrected chi connectivity index (χ2v) is 6.97. The molecule has 0 atom stereocenters. The third kappa shape index (κ3) is 3.58. The molecule has 21 heavy (non-hydrogen) atoms. The molecule has 0 radical (unpaired) electrons. The molecule has 8 heteroatoms. The fourth-order valence-electron chi connectivity index (χ4n) is 2.36. The average Bonchev–Trinajstić information content (AvgIpc) is 2.84. The van der Waals surface area contributed by atoms with Gasteiger partial charge in [0.1, 0.15) is 5.82 Å². The maximum Gasteiger partial charge on any atom is 0.338 e. The fourth-order valence-corrected chi connectivity index (χ4v) is 3.50. The van der Waals surface area contributed by atoms with Crippen LogP contribution in [0.2, 0.25) is 0 Å². The van der Waals surface area contributed by atoms with Gasteiger partial charge in [0.05, 0.1) is 16.1 Å². The molecule has 1 aromatic carbocycles. The van der Waals surface area contributed by atoms with Crippen molar-refractivity contribution >= 4 is 16.0 Å². The lowest BCUT2D eigenvalue weighted by molar-refractivity contribution is 0.0531. The van der Waals surface area contributed by atoms with Gasteiger partial charge in [0.2, 0.25) is 10.0 Å². The Kier molecular flexibility index (Phi) is 4.31. The van der Waals surface area contributed by atoms with E-state index in [0.717, 1.165) is 31.0 Å². The predicted octanol–water partition coefficient (Wildman–Crippen LogP) is 1.11. The smallest absolute Gasteiger partial charge is 0.338 e. The van der Waals surface area contributed by atoms with Crippen molar-refractivity contribution in [2.24, 2.45) is 0 Å². The van der Waals surface area contributed by atoms with Gasteiger partial charge in [-0.1, -0.05) is 12.8 Å². The number of sulfonamides is 1. The van der Waals surface area contributed by atoms with Crippen LogP contribution in [0.4, 0.5) is 4.39 Å². The lowest BCUT2D eigenvalue weighted by atomic mass is 10.0. The van der Waals surface area contributed by atoms with Crippen LogP contribution >= 0.6 is 0 Å². The summed E-state index contributed by atoms with van der Waals surface area (Å²) < 4.78 is 39.7. The van der Waals surface area contributed by atoms with Crippen LogP contribution in [0.3, 0.4) is 0 Å². The Morgan fingerprint density at radius 3 is 2.52 bits per heavy atom. The van der Waals surface area contributed by atoms with Crippen LogP contribution in [-0.2, 0) is 10.0 Å². The number of carbonyl (C=O) groups is 1. The number of benzene rings is 1. The number of hydrogen-bond acceptors (Lipinski definition) is 4. The van der Waals surface area contributed by atoms with Gasteiger partial charge in [-0.15, -0.1) is 0 Å². The number of halogens is 1. The maximum atomic E-state index is 13.3. The Balaban J connectivity index is 2.19. The van der Waals surface area contributed by atoms with Gasteiger partial charge in [0.25, 0.3) is 0 Å². The summed E-state index contributed by atoms with van der Waals surface area (Å²) in [5.74, 6) is -2.55. The number of carboxylic acids is 1. The van der Waals surface area contributed by atoms with E-state index in [1.807, 2.05) is 0 Å². The number of carboxylic acid groups (broad SMARTS) is 1. The summed E-state index contributed by atoms with van der Waals surface area (Å²) in [4.78, 5) is 10.5. The molecule has 3 N–H and O–H groups in total. The van der Waals surface area contributed by atoms with Crippen molar-refractivity contribution in [3.8, 4) is 0 Å². The molecule has 0 aromatic heterocycles. The second kappa shape index (κ2) is 5.70. The first kappa shape index (κ1) is 15.9. The molecule has 1 fully saturated rings. The first-order valence-electron chi connectivity index (χ1n) is 6.48. The topological polar surface area (TPSA) is 104 Å². The van der Waals surface area contributed by atoms with E-state index in [1.54, 1.807) is 0 Å². The minimum absolute atomic E-state index is 0.144. The van der Waals surface area contributed by atoms with Crippen LogP contribution in [0.1, 0.15) is 36.0 Å². The Hall–Kier alpha value is -1.51. The molecule has 6 nitrogen and oxygen atoms in total. The molecule has 1 aliphatic rings. The SMILES string of the molecule is O=C(O)c1cc(S(=O)(=O)NCC2(O)CCCC2)ccc1F. The van der Waals surface area contributed by atoms with E-state index in [9.17, 15) is 22.7 Å². The van der Waals surface area contributed by atoms with E-state index in [0.29, 0.717) is 12.8 Å². The van der Waals surface area contributed by atoms with Gasteiger partial charge in [-0.05, 0) is 31.0 Å². The Morgan fingerprint density at radius 1 is 1.33 bits per heavy atom. The summed E-state index contributed by atoms with van der Waals surface area (Å²) in [6.45, 7) is -0.144. The van der Waals surface area contributed by atoms with E-state index in [-0.39, 0.29) is 11.4 Å². The molecular weight excluding hydrogens is 301 g/mol. The zero-order valence-corrected chi connectivity index (χ0v) is 12.0. The summed E-state index contributed by atoms with van der Waals surface area (Å²) in [7, 11) is -4.00. The quantitative estimate of drug-likeness (QED) is 0.754. The van der Waals surface area contributed by atoms with Crippen molar-refractivity contribution in [3.63, 3.8) is 0 Å². The molecule has 1 aliphatic carbocycles. The summed E-state index contributed by atoms with van der Waals surface area (Å²) >= 11 is 0. The predicted molar refractivity (Wildman–Crippen MR) is 72.0 cm³/mol. The standard InChI is InChI=1S/C13H16FNO5S/c14-11-4-3-9(7-10(11)12(16)17)21(19,20)15-8-13(18)5-1-2-6-13/h3-4,7,15,18H,1-2,5-6,8H2,(H,16,17). The summed E-state index contributed by atoms with van der Waals surface area (Å²) in [6, 6.07) is 2.55. The lowest BCUT2D eigenvalue weighted by Crippen LogP contribution is -2.40. The molecule has 0 unspecified atom stereocenters. The van der Waals surface area contributed by atoms with Gasteiger partial charge >= 0.3 is 5.97 Å². The van der Waals surface area contributed by atoms with Crippen LogP contribution in [0, 0.1) is 5.82 Å². The summed E-state index contributed by atoms with van der Waals surface area (Å²) in [5.41, 5.74) is -1.78. The van der Waals surface area contributed by atoms with Crippen LogP contribution < -0.4 is 4.72 Å². The minimum atomic E-state index is -4.00. The van der Waals surface area contributed by atoms with Crippen LogP contribution in [-0.4, -0.2) is 36.7 Å². The van der Waals surface area contributed by atoms with E-state index >= 15 is 0 Å². The average molecular weight is 317 g/mol. The Morgan fingerprint density at radius 2 is 1.95 bits per heavy atom. The monoisotopic (exact) mass is 317 g/mol. The third-order valence-electron chi connectivity index (χ3n) is 3.60. The van der Waals surface area contributed by atoms with E-state index < -0.39 is 33.0 Å². The molecule has 0 aliphatic heterocycles. The van der Waals surface area contributed by atoms with Crippen LogP contribution in [0.15, 0.2) is 23.1 Å². The van der Waals surface area contributed by atoms with Crippen LogP contribution in [0.5, 0.6) is 0 Å². The first-order chi connectivity index (χ1) is 9.73. The van der Waals surface area contributed by atoms with Gasteiger partial charge in [0.15, 0.2) is 0 Å². The van der Waals surface area contributed by atoms with Crippen molar-refractivity contribution in [2.45, 2.75) is 36.2 Å². The van der Waals surface area contributed by atoms with E-state index in [2.05, 4.69) is 4.72 Å². The maximum absolute atomic E-state index is 13.3. The molecule has 116 valence electrons. The lowest BCUT2D eigenvalue weighted by Gasteiger charge is -2.22. The van der Waals surface area contributed by atoms with Crippen molar-refractivity contribution in [1.29, 1.82) is 0 Å². The molecule has 0 heterocycles. The van der Waals surface area contributed by atoms with Gasteiger partial charge in [-0.25, -0.2) is 22.3 Å². The fraction of sp³-hybridized carbons (Fsp3) is 0.462. The van der Waals surface area contributed by atoms with Gasteiger partial charge in [-0.3, -0.25) is 0 Å². The number of rotatable bonds is 5. The highest BCUT2D eigenvalue weighted by atomic mass is 32.2. The highest BCUT2D eigenvalue weighted by Crippen LogP contribution is 2.29.